The SMILES string of the molecule is Cc1csc(-c2cccc(C(=O)NCC3=CCNCC3)c2)n1. The van der Waals surface area contributed by atoms with Gasteiger partial charge in [0, 0.05) is 35.3 Å². The number of carbonyl (C=O) groups is 1. The van der Waals surface area contributed by atoms with E-state index in [0.29, 0.717) is 12.1 Å². The number of rotatable bonds is 4. The molecule has 2 N–H and O–H groups in total. The van der Waals surface area contributed by atoms with Crippen LogP contribution in [0.4, 0.5) is 0 Å². The Bertz CT molecular complexity index is 705. The number of nitrogens with one attached hydrogen (secondary N) is 2. The standard InChI is InChI=1S/C17H19N3OS/c1-12-11-22-17(20-12)15-4-2-3-14(9-15)16(21)19-10-13-5-7-18-8-6-13/h2-5,9,11,18H,6-8,10H2,1H3,(H,19,21). The van der Waals surface area contributed by atoms with E-state index in [1.165, 1.54) is 5.57 Å². The smallest absolute Gasteiger partial charge is 0.251 e. The first kappa shape index (κ1) is 14.9. The quantitative estimate of drug-likeness (QED) is 0.854. The van der Waals surface area contributed by atoms with Crippen LogP contribution in [0.25, 0.3) is 10.6 Å². The van der Waals surface area contributed by atoms with Crippen molar-refractivity contribution in [1.82, 2.24) is 15.6 Å². The van der Waals surface area contributed by atoms with Crippen molar-refractivity contribution in [1.29, 1.82) is 0 Å². The summed E-state index contributed by atoms with van der Waals surface area (Å²) in [5.74, 6) is -0.0328. The molecule has 22 heavy (non-hydrogen) atoms. The second kappa shape index (κ2) is 6.85. The third-order valence-electron chi connectivity index (χ3n) is 3.62. The number of thiazole rings is 1. The molecular formula is C17H19N3OS. The second-order valence-electron chi connectivity index (χ2n) is 5.37. The molecule has 0 radical (unpaired) electrons. The maximum atomic E-state index is 12.3. The first-order valence-corrected chi connectivity index (χ1v) is 8.30. The Morgan fingerprint density at radius 1 is 1.45 bits per heavy atom. The van der Waals surface area contributed by atoms with Gasteiger partial charge in [-0.15, -0.1) is 11.3 Å². The number of aromatic nitrogens is 1. The topological polar surface area (TPSA) is 54.0 Å². The highest BCUT2D eigenvalue weighted by Crippen LogP contribution is 2.24. The van der Waals surface area contributed by atoms with E-state index in [2.05, 4.69) is 21.7 Å². The van der Waals surface area contributed by atoms with Crippen LogP contribution in [0.1, 0.15) is 22.5 Å². The lowest BCUT2D eigenvalue weighted by Crippen LogP contribution is -2.29. The van der Waals surface area contributed by atoms with Gasteiger partial charge in [0.15, 0.2) is 0 Å². The molecule has 0 bridgehead atoms. The fourth-order valence-electron chi connectivity index (χ4n) is 2.41. The van der Waals surface area contributed by atoms with E-state index < -0.39 is 0 Å². The van der Waals surface area contributed by atoms with E-state index in [9.17, 15) is 4.79 Å². The van der Waals surface area contributed by atoms with Crippen molar-refractivity contribution in [2.24, 2.45) is 0 Å². The van der Waals surface area contributed by atoms with Crippen molar-refractivity contribution in [3.05, 3.63) is 52.6 Å². The highest BCUT2D eigenvalue weighted by Gasteiger charge is 2.10. The van der Waals surface area contributed by atoms with E-state index >= 15 is 0 Å². The average Bonchev–Trinajstić information content (AvgIpc) is 3.00. The molecule has 2 aromatic rings. The first-order valence-electron chi connectivity index (χ1n) is 7.42. The fraction of sp³-hybridized carbons (Fsp3) is 0.294. The molecule has 114 valence electrons. The van der Waals surface area contributed by atoms with Gasteiger partial charge in [-0.25, -0.2) is 4.98 Å². The minimum Gasteiger partial charge on any atom is -0.348 e. The largest absolute Gasteiger partial charge is 0.348 e. The van der Waals surface area contributed by atoms with E-state index in [4.69, 9.17) is 0 Å². The van der Waals surface area contributed by atoms with Crippen LogP contribution in [-0.4, -0.2) is 30.5 Å². The molecule has 1 aliphatic heterocycles. The first-order chi connectivity index (χ1) is 10.7. The van der Waals surface area contributed by atoms with E-state index in [1.807, 2.05) is 36.6 Å². The van der Waals surface area contributed by atoms with Crippen LogP contribution in [0.5, 0.6) is 0 Å². The van der Waals surface area contributed by atoms with Crippen molar-refractivity contribution < 1.29 is 4.79 Å². The summed E-state index contributed by atoms with van der Waals surface area (Å²) in [6.45, 7) is 4.48. The number of hydrogen-bond donors (Lipinski definition) is 2. The van der Waals surface area contributed by atoms with Gasteiger partial charge in [0.25, 0.3) is 5.91 Å². The highest BCUT2D eigenvalue weighted by molar-refractivity contribution is 7.13. The normalized spacial score (nSPS) is 14.5. The van der Waals surface area contributed by atoms with Crippen LogP contribution in [0.2, 0.25) is 0 Å². The van der Waals surface area contributed by atoms with Gasteiger partial charge in [-0.1, -0.05) is 23.8 Å². The molecule has 4 nitrogen and oxygen atoms in total. The fourth-order valence-corrected chi connectivity index (χ4v) is 3.20. The summed E-state index contributed by atoms with van der Waals surface area (Å²) in [5.41, 5.74) is 3.97. The molecule has 0 atom stereocenters. The number of hydrogen-bond acceptors (Lipinski definition) is 4. The van der Waals surface area contributed by atoms with Crippen LogP contribution in [-0.2, 0) is 0 Å². The molecule has 0 spiro atoms. The Hall–Kier alpha value is -1.98. The molecule has 0 saturated heterocycles. The number of nitrogens with zero attached hydrogens (tertiary/aromatic N) is 1. The third kappa shape index (κ3) is 3.61. The number of carbonyl (C=O) groups excluding carboxylic acids is 1. The summed E-state index contributed by atoms with van der Waals surface area (Å²) >= 11 is 1.60. The Morgan fingerprint density at radius 2 is 2.36 bits per heavy atom. The summed E-state index contributed by atoms with van der Waals surface area (Å²) in [6, 6.07) is 7.65. The van der Waals surface area contributed by atoms with Gasteiger partial charge in [0.05, 0.1) is 0 Å². The summed E-state index contributed by atoms with van der Waals surface area (Å²) in [4.78, 5) is 16.8. The highest BCUT2D eigenvalue weighted by atomic mass is 32.1. The van der Waals surface area contributed by atoms with Gasteiger partial charge in [0.1, 0.15) is 5.01 Å². The van der Waals surface area contributed by atoms with Crippen molar-refractivity contribution in [2.75, 3.05) is 19.6 Å². The van der Waals surface area contributed by atoms with Crippen LogP contribution >= 0.6 is 11.3 Å². The van der Waals surface area contributed by atoms with Crippen LogP contribution < -0.4 is 10.6 Å². The summed E-state index contributed by atoms with van der Waals surface area (Å²) in [7, 11) is 0. The molecule has 0 saturated carbocycles. The minimum atomic E-state index is -0.0328. The third-order valence-corrected chi connectivity index (χ3v) is 4.63. The molecule has 0 aliphatic carbocycles. The monoisotopic (exact) mass is 313 g/mol. The van der Waals surface area contributed by atoms with Crippen molar-refractivity contribution >= 4 is 17.2 Å². The molecule has 5 heteroatoms. The predicted molar refractivity (Wildman–Crippen MR) is 90.2 cm³/mol. The maximum Gasteiger partial charge on any atom is 0.251 e. The van der Waals surface area contributed by atoms with Crippen molar-refractivity contribution in [2.45, 2.75) is 13.3 Å². The van der Waals surface area contributed by atoms with Gasteiger partial charge in [-0.3, -0.25) is 4.79 Å². The van der Waals surface area contributed by atoms with Crippen LogP contribution in [0.3, 0.4) is 0 Å². The Kier molecular flexibility index (Phi) is 4.65. The molecule has 1 aromatic carbocycles. The molecule has 1 aromatic heterocycles. The lowest BCUT2D eigenvalue weighted by Gasteiger charge is -2.14. The minimum absolute atomic E-state index is 0.0328. The second-order valence-corrected chi connectivity index (χ2v) is 6.23. The zero-order valence-corrected chi connectivity index (χ0v) is 13.4. The Morgan fingerprint density at radius 3 is 3.09 bits per heavy atom. The van der Waals surface area contributed by atoms with E-state index in [0.717, 1.165) is 35.8 Å². The molecule has 2 heterocycles. The lowest BCUT2D eigenvalue weighted by molar-refractivity contribution is 0.0956. The molecule has 0 fully saturated rings. The average molecular weight is 313 g/mol. The lowest BCUT2D eigenvalue weighted by atomic mass is 10.1. The Labute approximate surface area is 134 Å². The molecular weight excluding hydrogens is 294 g/mol. The van der Waals surface area contributed by atoms with Crippen molar-refractivity contribution in [3.63, 3.8) is 0 Å². The Balaban J connectivity index is 1.68. The van der Waals surface area contributed by atoms with Gasteiger partial charge in [0.2, 0.25) is 0 Å². The molecule has 1 amide bonds. The van der Waals surface area contributed by atoms with Crippen LogP contribution in [0, 0.1) is 6.92 Å². The van der Waals surface area contributed by atoms with Gasteiger partial charge in [-0.05, 0) is 32.0 Å². The summed E-state index contributed by atoms with van der Waals surface area (Å²) in [6.07, 6.45) is 3.15. The zero-order valence-electron chi connectivity index (χ0n) is 12.6. The molecule has 3 rings (SSSR count). The van der Waals surface area contributed by atoms with Crippen molar-refractivity contribution in [3.8, 4) is 10.6 Å². The zero-order chi connectivity index (χ0) is 15.4. The van der Waals surface area contributed by atoms with Gasteiger partial charge in [-0.2, -0.15) is 0 Å². The summed E-state index contributed by atoms with van der Waals surface area (Å²) < 4.78 is 0. The molecule has 0 unspecified atom stereocenters. The number of benzene rings is 1. The van der Waals surface area contributed by atoms with Crippen LogP contribution in [0.15, 0.2) is 41.3 Å². The summed E-state index contributed by atoms with van der Waals surface area (Å²) in [5, 5.41) is 9.24. The van der Waals surface area contributed by atoms with Gasteiger partial charge < -0.3 is 10.6 Å². The number of amides is 1. The maximum absolute atomic E-state index is 12.3. The predicted octanol–water partition coefficient (Wildman–Crippen LogP) is 2.77. The number of aryl methyl sites for hydroxylation is 1. The van der Waals surface area contributed by atoms with Gasteiger partial charge >= 0.3 is 0 Å². The van der Waals surface area contributed by atoms with E-state index in [-0.39, 0.29) is 5.91 Å². The van der Waals surface area contributed by atoms with E-state index in [1.54, 1.807) is 11.3 Å². The molecule has 1 aliphatic rings.